The molecule has 1 aliphatic heterocycles. The van der Waals surface area contributed by atoms with Crippen LogP contribution in [0.2, 0.25) is 0 Å². The average molecular weight is 567 g/mol. The Morgan fingerprint density at radius 3 is 2.23 bits per heavy atom. The Hall–Kier alpha value is -5.22. The number of pyridine rings is 1. The fourth-order valence-corrected chi connectivity index (χ4v) is 7.20. The summed E-state index contributed by atoms with van der Waals surface area (Å²) in [6.07, 6.45) is 16.9. The topological polar surface area (TPSA) is 51.0 Å². The maximum atomic E-state index is 4.98. The van der Waals surface area contributed by atoms with E-state index in [-0.39, 0.29) is 0 Å². The predicted octanol–water partition coefficient (Wildman–Crippen LogP) is 9.66. The predicted molar refractivity (Wildman–Crippen MR) is 181 cm³/mol. The van der Waals surface area contributed by atoms with E-state index in [0.717, 1.165) is 66.7 Å². The Bertz CT molecular complexity index is 2200. The standard InChI is InChI=1S/C40H30N4/c1-2-9-33-31(7-1)32-8-3-4-10-34(32)36-22-29(17-19-35(33)36)25-11-13-26(14-12-25)30-23-42-40(43-24-30)37-20-18-28-16-15-27-6-5-21-41-38(27)39(28)44-37/h1-3,7-9,11-14,17-24H,4-6,10,15-16H2. The van der Waals surface area contributed by atoms with Crippen molar-refractivity contribution in [2.45, 2.75) is 38.5 Å². The summed E-state index contributed by atoms with van der Waals surface area (Å²) in [5.74, 6) is 0.641. The molecule has 6 aromatic rings. The second kappa shape index (κ2) is 10.2. The van der Waals surface area contributed by atoms with Gasteiger partial charge >= 0.3 is 0 Å². The van der Waals surface area contributed by atoms with Gasteiger partial charge in [-0.2, -0.15) is 0 Å². The Labute approximate surface area is 256 Å². The highest BCUT2D eigenvalue weighted by Crippen LogP contribution is 2.39. The molecule has 44 heavy (non-hydrogen) atoms. The van der Waals surface area contributed by atoms with Crippen LogP contribution in [0.3, 0.4) is 0 Å². The molecule has 0 bridgehead atoms. The van der Waals surface area contributed by atoms with Crippen LogP contribution in [0.25, 0.3) is 67.1 Å². The summed E-state index contributed by atoms with van der Waals surface area (Å²) >= 11 is 0. The minimum Gasteiger partial charge on any atom is -0.259 e. The monoisotopic (exact) mass is 566 g/mol. The molecule has 2 aromatic heterocycles. The van der Waals surface area contributed by atoms with E-state index in [4.69, 9.17) is 19.9 Å². The molecule has 4 nitrogen and oxygen atoms in total. The van der Waals surface area contributed by atoms with Crippen LogP contribution >= 0.6 is 0 Å². The minimum atomic E-state index is 0.641. The number of fused-ring (bicyclic) bond motifs is 8. The van der Waals surface area contributed by atoms with Crippen molar-refractivity contribution in [3.8, 4) is 33.8 Å². The van der Waals surface area contributed by atoms with Crippen molar-refractivity contribution in [3.63, 3.8) is 0 Å². The van der Waals surface area contributed by atoms with Gasteiger partial charge in [0.25, 0.3) is 0 Å². The molecular weight excluding hydrogens is 536 g/mol. The van der Waals surface area contributed by atoms with Crippen molar-refractivity contribution in [2.24, 2.45) is 4.99 Å². The van der Waals surface area contributed by atoms with E-state index in [1.165, 1.54) is 54.9 Å². The largest absolute Gasteiger partial charge is 0.259 e. The van der Waals surface area contributed by atoms with Crippen LogP contribution in [-0.2, 0) is 12.8 Å². The van der Waals surface area contributed by atoms with E-state index in [0.29, 0.717) is 5.82 Å². The van der Waals surface area contributed by atoms with Gasteiger partial charge in [0.05, 0.1) is 11.4 Å². The molecule has 0 saturated carbocycles. The lowest BCUT2D eigenvalue weighted by molar-refractivity contribution is 0.825. The molecule has 0 spiro atoms. The Morgan fingerprint density at radius 2 is 1.36 bits per heavy atom. The molecular formula is C40H30N4. The fourth-order valence-electron chi connectivity index (χ4n) is 7.20. The van der Waals surface area contributed by atoms with Gasteiger partial charge in [-0.3, -0.25) is 4.99 Å². The molecule has 4 heteroatoms. The molecule has 3 heterocycles. The third-order valence-corrected chi connectivity index (χ3v) is 9.48. The van der Waals surface area contributed by atoms with Crippen molar-refractivity contribution >= 4 is 39.5 Å². The molecule has 0 fully saturated rings. The van der Waals surface area contributed by atoms with E-state index < -0.39 is 0 Å². The number of rotatable bonds is 3. The third-order valence-electron chi connectivity index (χ3n) is 9.48. The number of aryl methyl sites for hydroxylation is 2. The summed E-state index contributed by atoms with van der Waals surface area (Å²) in [5, 5.41) is 5.38. The fraction of sp³-hybridized carbons (Fsp3) is 0.150. The van der Waals surface area contributed by atoms with E-state index in [1.807, 2.05) is 24.7 Å². The zero-order valence-electron chi connectivity index (χ0n) is 24.4. The number of hydrogen-bond donors (Lipinski definition) is 0. The lowest BCUT2D eigenvalue weighted by atomic mass is 9.85. The summed E-state index contributed by atoms with van der Waals surface area (Å²) in [6.45, 7) is 0. The lowest BCUT2D eigenvalue weighted by Gasteiger charge is -2.22. The quantitative estimate of drug-likeness (QED) is 0.200. The molecule has 2 aliphatic carbocycles. The molecule has 0 saturated heterocycles. The summed E-state index contributed by atoms with van der Waals surface area (Å²) in [4.78, 5) is 19.1. The van der Waals surface area contributed by atoms with Gasteiger partial charge in [0.1, 0.15) is 5.69 Å². The molecule has 0 atom stereocenters. The first-order valence-corrected chi connectivity index (χ1v) is 15.6. The first-order chi connectivity index (χ1) is 21.8. The summed E-state index contributed by atoms with van der Waals surface area (Å²) < 4.78 is 0. The molecule has 9 rings (SSSR count). The molecule has 3 aliphatic rings. The zero-order chi connectivity index (χ0) is 29.0. The highest BCUT2D eigenvalue weighted by molar-refractivity contribution is 6.13. The molecule has 210 valence electrons. The second-order valence-corrected chi connectivity index (χ2v) is 12.0. The van der Waals surface area contributed by atoms with Crippen LogP contribution < -0.4 is 0 Å². The van der Waals surface area contributed by atoms with Gasteiger partial charge in [-0.15, -0.1) is 0 Å². The van der Waals surface area contributed by atoms with Crippen molar-refractivity contribution < 1.29 is 0 Å². The lowest BCUT2D eigenvalue weighted by Crippen LogP contribution is -2.10. The third kappa shape index (κ3) is 4.13. The summed E-state index contributed by atoms with van der Waals surface area (Å²) in [7, 11) is 0. The first-order valence-electron chi connectivity index (χ1n) is 15.6. The Kier molecular flexibility index (Phi) is 5.86. The number of benzene rings is 4. The maximum absolute atomic E-state index is 4.98. The average Bonchev–Trinajstić information content (AvgIpc) is 3.11. The number of hydrogen-bond acceptors (Lipinski definition) is 4. The van der Waals surface area contributed by atoms with Gasteiger partial charge in [-0.25, -0.2) is 15.0 Å². The van der Waals surface area contributed by atoms with Crippen molar-refractivity contribution in [2.75, 3.05) is 0 Å². The van der Waals surface area contributed by atoms with Crippen LogP contribution in [0.4, 0.5) is 0 Å². The van der Waals surface area contributed by atoms with Crippen molar-refractivity contribution in [1.82, 2.24) is 15.0 Å². The van der Waals surface area contributed by atoms with Crippen LogP contribution in [0.15, 0.2) is 108 Å². The maximum Gasteiger partial charge on any atom is 0.178 e. The van der Waals surface area contributed by atoms with Crippen molar-refractivity contribution in [1.29, 1.82) is 0 Å². The van der Waals surface area contributed by atoms with Crippen LogP contribution in [-0.4, -0.2) is 21.2 Å². The molecule has 0 unspecified atom stereocenters. The van der Waals surface area contributed by atoms with Gasteiger partial charge in [0.15, 0.2) is 5.82 Å². The SMILES string of the molecule is C1=Cc2c(c3cc(-c4ccc(-c5cnc(-c6ccc7c(n6)C6=C(CCC=N6)CC7)nc5)cc4)ccc3c3ccccc23)CC1. The smallest absolute Gasteiger partial charge is 0.178 e. The Morgan fingerprint density at radius 1 is 0.591 bits per heavy atom. The minimum absolute atomic E-state index is 0.641. The first kappa shape index (κ1) is 25.3. The number of nitrogens with zero attached hydrogens (tertiary/aromatic N) is 4. The molecule has 0 amide bonds. The van der Waals surface area contributed by atoms with Crippen molar-refractivity contribution in [3.05, 3.63) is 125 Å². The number of aliphatic imine (C=N–C) groups is 1. The van der Waals surface area contributed by atoms with Gasteiger partial charge in [0, 0.05) is 24.2 Å². The van der Waals surface area contributed by atoms with Crippen LogP contribution in [0.5, 0.6) is 0 Å². The summed E-state index contributed by atoms with van der Waals surface area (Å²) in [6, 6.07) is 28.7. The zero-order valence-corrected chi connectivity index (χ0v) is 24.4. The van der Waals surface area contributed by atoms with E-state index in [1.54, 1.807) is 0 Å². The van der Waals surface area contributed by atoms with E-state index in [2.05, 4.69) is 84.9 Å². The van der Waals surface area contributed by atoms with Crippen LogP contribution in [0.1, 0.15) is 48.1 Å². The number of aromatic nitrogens is 3. The summed E-state index contributed by atoms with van der Waals surface area (Å²) in [5.41, 5.74) is 12.9. The normalized spacial score (nSPS) is 15.4. The number of allylic oxidation sites excluding steroid dienone is 2. The van der Waals surface area contributed by atoms with E-state index >= 15 is 0 Å². The molecule has 4 aromatic carbocycles. The second-order valence-electron chi connectivity index (χ2n) is 12.0. The molecule has 0 N–H and O–H groups in total. The van der Waals surface area contributed by atoms with Crippen LogP contribution in [0, 0.1) is 0 Å². The van der Waals surface area contributed by atoms with Gasteiger partial charge < -0.3 is 0 Å². The molecule has 0 radical (unpaired) electrons. The highest BCUT2D eigenvalue weighted by Gasteiger charge is 2.22. The van der Waals surface area contributed by atoms with Gasteiger partial charge in [0.2, 0.25) is 0 Å². The van der Waals surface area contributed by atoms with E-state index in [9.17, 15) is 0 Å². The van der Waals surface area contributed by atoms with Gasteiger partial charge in [-0.05, 0) is 111 Å². The van der Waals surface area contributed by atoms with Gasteiger partial charge in [-0.1, -0.05) is 78.9 Å². The highest BCUT2D eigenvalue weighted by atomic mass is 14.9. The Balaban J connectivity index is 1.02.